The average Bonchev–Trinajstić information content (AvgIpc) is 3.22. The summed E-state index contributed by atoms with van der Waals surface area (Å²) in [7, 11) is 0. The molecule has 2 aromatic carbocycles. The zero-order chi connectivity index (χ0) is 22.9. The number of fused-ring (bicyclic) bond motifs is 1. The second-order valence-electron chi connectivity index (χ2n) is 7.79. The van der Waals surface area contributed by atoms with Crippen LogP contribution in [-0.4, -0.2) is 30.8 Å². The van der Waals surface area contributed by atoms with Gasteiger partial charge in [0.15, 0.2) is 0 Å². The molecule has 0 saturated heterocycles. The first-order chi connectivity index (χ1) is 16.0. The minimum Gasteiger partial charge on any atom is -0.366 e. The predicted octanol–water partition coefficient (Wildman–Crippen LogP) is 3.37. The van der Waals surface area contributed by atoms with Crippen molar-refractivity contribution in [3.63, 3.8) is 0 Å². The van der Waals surface area contributed by atoms with Gasteiger partial charge in [0.1, 0.15) is 5.82 Å². The van der Waals surface area contributed by atoms with Crippen molar-refractivity contribution < 1.29 is 4.79 Å². The van der Waals surface area contributed by atoms with E-state index in [1.54, 1.807) is 18.2 Å². The third kappa shape index (κ3) is 4.14. The van der Waals surface area contributed by atoms with Gasteiger partial charge in [0.25, 0.3) is 5.56 Å². The smallest absolute Gasteiger partial charge is 0.266 e. The van der Waals surface area contributed by atoms with E-state index < -0.39 is 5.91 Å². The maximum atomic E-state index is 11.6. The third-order valence-corrected chi connectivity index (χ3v) is 5.33. The summed E-state index contributed by atoms with van der Waals surface area (Å²) in [6.45, 7) is 1.94. The normalized spacial score (nSPS) is 11.1. The Kier molecular flexibility index (Phi) is 5.02. The Morgan fingerprint density at radius 2 is 1.85 bits per heavy atom. The van der Waals surface area contributed by atoms with E-state index in [4.69, 9.17) is 10.7 Å². The van der Waals surface area contributed by atoms with Gasteiger partial charge >= 0.3 is 0 Å². The lowest BCUT2D eigenvalue weighted by Gasteiger charge is -2.05. The first-order valence-corrected chi connectivity index (χ1v) is 10.4. The number of aromatic amines is 2. The van der Waals surface area contributed by atoms with E-state index in [1.165, 1.54) is 6.20 Å². The quantitative estimate of drug-likeness (QED) is 0.389. The molecule has 162 valence electrons. The number of H-pyrrole nitrogens is 2. The summed E-state index contributed by atoms with van der Waals surface area (Å²) in [5.74, 6) is 0.253. The summed E-state index contributed by atoms with van der Waals surface area (Å²) in [4.78, 5) is 43.1. The molecule has 0 aliphatic carbocycles. The van der Waals surface area contributed by atoms with Crippen molar-refractivity contribution in [2.75, 3.05) is 0 Å². The zero-order valence-corrected chi connectivity index (χ0v) is 17.8. The number of carbonyl (C=O) groups excluding carboxylic acids is 1. The van der Waals surface area contributed by atoms with Gasteiger partial charge in [-0.3, -0.25) is 14.6 Å². The third-order valence-electron chi connectivity index (χ3n) is 5.33. The van der Waals surface area contributed by atoms with Gasteiger partial charge in [-0.05, 0) is 48.9 Å². The lowest BCUT2D eigenvalue weighted by Crippen LogP contribution is -2.11. The number of pyridine rings is 1. The highest BCUT2D eigenvalue weighted by Crippen LogP contribution is 2.31. The van der Waals surface area contributed by atoms with Gasteiger partial charge in [0, 0.05) is 23.2 Å². The molecular formula is C25H20N6O2. The van der Waals surface area contributed by atoms with E-state index in [9.17, 15) is 9.59 Å². The lowest BCUT2D eigenvalue weighted by atomic mass is 10.1. The molecule has 1 amide bonds. The molecule has 0 aliphatic rings. The molecule has 8 nitrogen and oxygen atoms in total. The zero-order valence-electron chi connectivity index (χ0n) is 17.8. The molecule has 0 atom stereocenters. The summed E-state index contributed by atoms with van der Waals surface area (Å²) < 4.78 is 0. The fourth-order valence-electron chi connectivity index (χ4n) is 3.80. The molecular weight excluding hydrogens is 416 g/mol. The van der Waals surface area contributed by atoms with E-state index in [-0.39, 0.29) is 5.56 Å². The van der Waals surface area contributed by atoms with Crippen molar-refractivity contribution in [1.82, 2.24) is 24.9 Å². The Morgan fingerprint density at radius 1 is 1.00 bits per heavy atom. The summed E-state index contributed by atoms with van der Waals surface area (Å²) in [6, 6.07) is 18.6. The molecule has 3 heterocycles. The number of rotatable bonds is 5. The van der Waals surface area contributed by atoms with Crippen molar-refractivity contribution >= 4 is 16.9 Å². The first-order valence-electron chi connectivity index (χ1n) is 10.4. The van der Waals surface area contributed by atoms with Crippen LogP contribution < -0.4 is 11.3 Å². The summed E-state index contributed by atoms with van der Waals surface area (Å²) >= 11 is 0. The number of amides is 1. The molecule has 0 aliphatic heterocycles. The fourth-order valence-corrected chi connectivity index (χ4v) is 3.80. The second kappa shape index (κ2) is 8.16. The monoisotopic (exact) mass is 436 g/mol. The minimum absolute atomic E-state index is 0.250. The van der Waals surface area contributed by atoms with Crippen LogP contribution in [0.25, 0.3) is 33.7 Å². The standard InChI is InChI=1S/C25H20N6O2/c1-14-4-2-7-19(28-14)24-23(16-8-9-18-20(12-16)27-13-22(32)29-18)30-21(31-24)11-15-5-3-6-17(10-15)25(26)33/h2-10,12-13H,11H2,1H3,(H2,26,33)(H,29,32)(H,30,31). The van der Waals surface area contributed by atoms with E-state index in [1.807, 2.05) is 49.4 Å². The van der Waals surface area contributed by atoms with Crippen LogP contribution in [0, 0.1) is 6.92 Å². The minimum atomic E-state index is -0.469. The summed E-state index contributed by atoms with van der Waals surface area (Å²) in [5.41, 5.74) is 11.9. The van der Waals surface area contributed by atoms with Crippen molar-refractivity contribution in [2.24, 2.45) is 5.73 Å². The van der Waals surface area contributed by atoms with Crippen molar-refractivity contribution in [3.8, 4) is 22.6 Å². The van der Waals surface area contributed by atoms with Crippen LogP contribution in [-0.2, 0) is 6.42 Å². The number of nitrogens with two attached hydrogens (primary N) is 1. The first kappa shape index (κ1) is 20.3. The van der Waals surface area contributed by atoms with Crippen LogP contribution in [0.4, 0.5) is 0 Å². The molecule has 33 heavy (non-hydrogen) atoms. The Labute approximate surface area is 188 Å². The van der Waals surface area contributed by atoms with Crippen LogP contribution in [0.5, 0.6) is 0 Å². The fraction of sp³-hybridized carbons (Fsp3) is 0.0800. The molecule has 0 bridgehead atoms. The Hall–Kier alpha value is -4.59. The molecule has 0 saturated carbocycles. The topological polar surface area (TPSA) is 130 Å². The summed E-state index contributed by atoms with van der Waals surface area (Å²) in [6.07, 6.45) is 1.75. The van der Waals surface area contributed by atoms with Crippen molar-refractivity contribution in [2.45, 2.75) is 13.3 Å². The van der Waals surface area contributed by atoms with Crippen LogP contribution in [0.1, 0.15) is 27.4 Å². The lowest BCUT2D eigenvalue weighted by molar-refractivity contribution is 0.1000. The van der Waals surface area contributed by atoms with Crippen molar-refractivity contribution in [3.05, 3.63) is 99.9 Å². The maximum absolute atomic E-state index is 11.6. The van der Waals surface area contributed by atoms with Gasteiger partial charge in [0.2, 0.25) is 5.91 Å². The molecule has 4 N–H and O–H groups in total. The molecule has 0 radical (unpaired) electrons. The van der Waals surface area contributed by atoms with E-state index in [0.29, 0.717) is 23.0 Å². The number of carbonyl (C=O) groups is 1. The maximum Gasteiger partial charge on any atom is 0.266 e. The van der Waals surface area contributed by atoms with Crippen LogP contribution >= 0.6 is 0 Å². The van der Waals surface area contributed by atoms with Gasteiger partial charge in [-0.1, -0.05) is 24.3 Å². The number of hydrogen-bond donors (Lipinski definition) is 3. The van der Waals surface area contributed by atoms with Crippen LogP contribution in [0.15, 0.2) is 71.7 Å². The molecule has 0 fully saturated rings. The highest BCUT2D eigenvalue weighted by atomic mass is 16.1. The molecule has 0 spiro atoms. The molecule has 0 unspecified atom stereocenters. The Morgan fingerprint density at radius 3 is 2.67 bits per heavy atom. The van der Waals surface area contributed by atoms with Gasteiger partial charge in [-0.2, -0.15) is 0 Å². The number of hydrogen-bond acceptors (Lipinski definition) is 5. The number of nitrogens with zero attached hydrogens (tertiary/aromatic N) is 3. The van der Waals surface area contributed by atoms with Crippen molar-refractivity contribution in [1.29, 1.82) is 0 Å². The van der Waals surface area contributed by atoms with E-state index in [0.717, 1.165) is 39.7 Å². The number of aromatic nitrogens is 5. The average molecular weight is 436 g/mol. The van der Waals surface area contributed by atoms with Gasteiger partial charge in [-0.15, -0.1) is 0 Å². The molecule has 8 heteroatoms. The molecule has 5 aromatic rings. The Balaban J connectivity index is 1.62. The van der Waals surface area contributed by atoms with Gasteiger partial charge in [0.05, 0.1) is 34.3 Å². The number of imidazole rings is 1. The largest absolute Gasteiger partial charge is 0.366 e. The number of aryl methyl sites for hydroxylation is 1. The van der Waals surface area contributed by atoms with Crippen LogP contribution in [0.3, 0.4) is 0 Å². The number of primary amides is 1. The number of nitrogens with one attached hydrogen (secondary N) is 2. The predicted molar refractivity (Wildman–Crippen MR) is 126 cm³/mol. The van der Waals surface area contributed by atoms with E-state index >= 15 is 0 Å². The second-order valence-corrected chi connectivity index (χ2v) is 7.79. The highest BCUT2D eigenvalue weighted by Gasteiger charge is 2.17. The van der Waals surface area contributed by atoms with E-state index in [2.05, 4.69) is 19.9 Å². The van der Waals surface area contributed by atoms with Crippen LogP contribution in [0.2, 0.25) is 0 Å². The Bertz CT molecular complexity index is 1570. The number of benzene rings is 2. The summed E-state index contributed by atoms with van der Waals surface area (Å²) in [5, 5.41) is 0. The molecule has 5 rings (SSSR count). The molecule has 3 aromatic heterocycles. The SMILES string of the molecule is Cc1cccc(-c2[nH]c(Cc3cccc(C(N)=O)c3)nc2-c2ccc3[nH]c(=O)cnc3c2)n1. The highest BCUT2D eigenvalue weighted by molar-refractivity contribution is 5.93. The van der Waals surface area contributed by atoms with Gasteiger partial charge < -0.3 is 15.7 Å². The van der Waals surface area contributed by atoms with Gasteiger partial charge in [-0.25, -0.2) is 9.97 Å².